The molecule has 1 aromatic heterocycles. The molecular weight excluding hydrogens is 399 g/mol. The second kappa shape index (κ2) is 9.05. The normalized spacial score (nSPS) is 11.8. The third-order valence-electron chi connectivity index (χ3n) is 4.44. The minimum atomic E-state index is -0.491. The van der Waals surface area contributed by atoms with Crippen LogP contribution in [0, 0.1) is 5.82 Å². The highest BCUT2D eigenvalue weighted by Gasteiger charge is 2.17. The molecule has 154 valence electrons. The summed E-state index contributed by atoms with van der Waals surface area (Å²) in [5.41, 5.74) is 2.08. The first kappa shape index (κ1) is 21.5. The second-order valence-corrected chi connectivity index (χ2v) is 8.80. The molecule has 2 aromatic carbocycles. The van der Waals surface area contributed by atoms with Crippen molar-refractivity contribution in [3.63, 3.8) is 0 Å². The molecule has 0 saturated carbocycles. The van der Waals surface area contributed by atoms with Gasteiger partial charge < -0.3 is 10.6 Å². The largest absolute Gasteiger partial charge is 0.321 e. The number of hydrogen-bond donors (Lipinski definition) is 2. The molecule has 0 unspecified atom stereocenters. The Morgan fingerprint density at radius 3 is 2.20 bits per heavy atom. The Morgan fingerprint density at radius 2 is 1.63 bits per heavy atom. The van der Waals surface area contributed by atoms with Gasteiger partial charge in [-0.2, -0.15) is 0 Å². The van der Waals surface area contributed by atoms with E-state index in [1.807, 2.05) is 29.6 Å². The molecule has 1 heterocycles. The topological polar surface area (TPSA) is 58.2 Å². The molecule has 0 aliphatic carbocycles. The smallest absolute Gasteiger partial charge is 0.272 e. The Labute approximate surface area is 179 Å². The first-order valence-corrected chi connectivity index (χ1v) is 10.3. The summed E-state index contributed by atoms with van der Waals surface area (Å²) in [7, 11) is 0. The van der Waals surface area contributed by atoms with Crippen molar-refractivity contribution in [2.45, 2.75) is 26.2 Å². The summed E-state index contributed by atoms with van der Waals surface area (Å²) in [4.78, 5) is 26.4. The molecule has 0 aliphatic heterocycles. The van der Waals surface area contributed by atoms with Crippen molar-refractivity contribution in [2.24, 2.45) is 0 Å². The fraction of sp³-hybridized carbons (Fsp3) is 0.167. The zero-order chi connectivity index (χ0) is 21.7. The maximum Gasteiger partial charge on any atom is 0.272 e. The average Bonchev–Trinajstić information content (AvgIpc) is 3.22. The van der Waals surface area contributed by atoms with Gasteiger partial charge in [-0.15, -0.1) is 11.3 Å². The molecule has 0 radical (unpaired) electrons. The first-order valence-electron chi connectivity index (χ1n) is 9.46. The molecule has 3 aromatic rings. The van der Waals surface area contributed by atoms with E-state index >= 15 is 0 Å². The molecule has 0 saturated heterocycles. The van der Waals surface area contributed by atoms with E-state index in [2.05, 4.69) is 31.4 Å². The van der Waals surface area contributed by atoms with E-state index in [0.717, 1.165) is 10.4 Å². The van der Waals surface area contributed by atoms with Crippen LogP contribution in [0.3, 0.4) is 0 Å². The van der Waals surface area contributed by atoms with E-state index in [1.165, 1.54) is 35.6 Å². The van der Waals surface area contributed by atoms with Gasteiger partial charge in [-0.1, -0.05) is 39.0 Å². The summed E-state index contributed by atoms with van der Waals surface area (Å²) in [6.45, 7) is 6.30. The minimum absolute atomic E-state index is 0.0196. The Bertz CT molecular complexity index is 1050. The molecule has 0 fully saturated rings. The second-order valence-electron chi connectivity index (χ2n) is 7.82. The number of carbonyl (C=O) groups excluding carboxylic acids is 2. The number of benzene rings is 2. The van der Waals surface area contributed by atoms with Gasteiger partial charge in [0, 0.05) is 16.1 Å². The van der Waals surface area contributed by atoms with Gasteiger partial charge >= 0.3 is 0 Å². The highest BCUT2D eigenvalue weighted by Crippen LogP contribution is 2.22. The van der Waals surface area contributed by atoms with E-state index < -0.39 is 11.7 Å². The van der Waals surface area contributed by atoms with Crippen LogP contribution in [0.2, 0.25) is 0 Å². The first-order chi connectivity index (χ1) is 14.2. The molecule has 2 N–H and O–H groups in total. The highest BCUT2D eigenvalue weighted by molar-refractivity contribution is 7.10. The zero-order valence-electron chi connectivity index (χ0n) is 17.0. The van der Waals surface area contributed by atoms with Gasteiger partial charge in [0.15, 0.2) is 0 Å². The third-order valence-corrected chi connectivity index (χ3v) is 5.26. The number of carbonyl (C=O) groups is 2. The van der Waals surface area contributed by atoms with Gasteiger partial charge in [0.2, 0.25) is 0 Å². The Kier molecular flexibility index (Phi) is 6.47. The number of rotatable bonds is 5. The van der Waals surface area contributed by atoms with E-state index in [1.54, 1.807) is 18.2 Å². The molecule has 30 heavy (non-hydrogen) atoms. The number of thiophene rings is 1. The van der Waals surface area contributed by atoms with Crippen LogP contribution in [-0.2, 0) is 10.2 Å². The fourth-order valence-corrected chi connectivity index (χ4v) is 3.38. The van der Waals surface area contributed by atoms with E-state index in [9.17, 15) is 14.0 Å². The van der Waals surface area contributed by atoms with Crippen molar-refractivity contribution in [3.05, 3.63) is 93.6 Å². The van der Waals surface area contributed by atoms with Gasteiger partial charge in [-0.3, -0.25) is 9.59 Å². The Hall–Kier alpha value is -3.25. The van der Waals surface area contributed by atoms with Crippen LogP contribution in [0.15, 0.2) is 71.7 Å². The van der Waals surface area contributed by atoms with Gasteiger partial charge in [0.1, 0.15) is 11.5 Å². The summed E-state index contributed by atoms with van der Waals surface area (Å²) in [6.07, 6.45) is 1.62. The van der Waals surface area contributed by atoms with Crippen molar-refractivity contribution in [3.8, 4) is 0 Å². The van der Waals surface area contributed by atoms with Crippen molar-refractivity contribution < 1.29 is 14.0 Å². The lowest BCUT2D eigenvalue weighted by molar-refractivity contribution is -0.113. The van der Waals surface area contributed by atoms with Crippen LogP contribution >= 0.6 is 11.3 Å². The van der Waals surface area contributed by atoms with Crippen LogP contribution < -0.4 is 10.6 Å². The van der Waals surface area contributed by atoms with Crippen LogP contribution in [0.1, 0.15) is 41.6 Å². The fourth-order valence-electron chi connectivity index (χ4n) is 2.72. The molecule has 4 nitrogen and oxygen atoms in total. The molecule has 2 amide bonds. The predicted molar refractivity (Wildman–Crippen MR) is 120 cm³/mol. The number of nitrogens with one attached hydrogen (secondary N) is 2. The van der Waals surface area contributed by atoms with Gasteiger partial charge in [0.25, 0.3) is 11.8 Å². The SMILES string of the molecule is CC(C)(C)c1ccc(C(=O)NC(=Cc2cccs2)C(=O)Nc2ccc(F)cc2)cc1. The number of halogens is 1. The summed E-state index contributed by atoms with van der Waals surface area (Å²) in [5.74, 6) is -1.27. The number of hydrogen-bond acceptors (Lipinski definition) is 3. The van der Waals surface area contributed by atoms with Crippen molar-refractivity contribution in [1.29, 1.82) is 0 Å². The molecule has 0 atom stereocenters. The summed E-state index contributed by atoms with van der Waals surface area (Å²) in [5, 5.41) is 7.27. The Morgan fingerprint density at radius 1 is 0.967 bits per heavy atom. The lowest BCUT2D eigenvalue weighted by Crippen LogP contribution is -2.30. The Balaban J connectivity index is 1.81. The minimum Gasteiger partial charge on any atom is -0.321 e. The van der Waals surface area contributed by atoms with Gasteiger partial charge in [-0.25, -0.2) is 4.39 Å². The third kappa shape index (κ3) is 5.64. The maximum absolute atomic E-state index is 13.1. The highest BCUT2D eigenvalue weighted by atomic mass is 32.1. The molecule has 6 heteroatoms. The van der Waals surface area contributed by atoms with Crippen LogP contribution in [0.4, 0.5) is 10.1 Å². The summed E-state index contributed by atoms with van der Waals surface area (Å²) in [6, 6.07) is 16.5. The van der Waals surface area contributed by atoms with E-state index in [-0.39, 0.29) is 17.0 Å². The standard InChI is InChI=1S/C24H23FN2O2S/c1-24(2,3)17-8-6-16(7-9-17)22(28)27-21(15-20-5-4-14-30-20)23(29)26-19-12-10-18(25)11-13-19/h4-15H,1-3H3,(H,26,29)(H,27,28). The van der Waals surface area contributed by atoms with Crippen molar-refractivity contribution in [1.82, 2.24) is 5.32 Å². The zero-order valence-corrected chi connectivity index (χ0v) is 17.8. The van der Waals surface area contributed by atoms with Crippen molar-refractivity contribution in [2.75, 3.05) is 5.32 Å². The summed E-state index contributed by atoms with van der Waals surface area (Å²) >= 11 is 1.45. The lowest BCUT2D eigenvalue weighted by Gasteiger charge is -2.19. The predicted octanol–water partition coefficient (Wildman–Crippen LogP) is 5.59. The van der Waals surface area contributed by atoms with Crippen LogP contribution in [-0.4, -0.2) is 11.8 Å². The monoisotopic (exact) mass is 422 g/mol. The summed E-state index contributed by atoms with van der Waals surface area (Å²) < 4.78 is 13.1. The molecule has 0 aliphatic rings. The van der Waals surface area contributed by atoms with Crippen molar-refractivity contribution >= 4 is 34.9 Å². The average molecular weight is 423 g/mol. The molecular formula is C24H23FN2O2S. The lowest BCUT2D eigenvalue weighted by atomic mass is 9.87. The molecule has 0 bridgehead atoms. The molecule has 3 rings (SSSR count). The molecule has 0 spiro atoms. The van der Waals surface area contributed by atoms with E-state index in [4.69, 9.17) is 0 Å². The quantitative estimate of drug-likeness (QED) is 0.526. The van der Waals surface area contributed by atoms with E-state index in [0.29, 0.717) is 11.3 Å². The van der Waals surface area contributed by atoms with Gasteiger partial charge in [0.05, 0.1) is 0 Å². The van der Waals surface area contributed by atoms with Crippen LogP contribution in [0.25, 0.3) is 6.08 Å². The number of amides is 2. The van der Waals surface area contributed by atoms with Crippen LogP contribution in [0.5, 0.6) is 0 Å². The van der Waals surface area contributed by atoms with Gasteiger partial charge in [-0.05, 0) is 64.9 Å². The number of anilines is 1. The maximum atomic E-state index is 13.1.